The highest BCUT2D eigenvalue weighted by Crippen LogP contribution is 2.12. The fourth-order valence-corrected chi connectivity index (χ4v) is 1.22. The maximum absolute atomic E-state index is 5.75. The van der Waals surface area contributed by atoms with Gasteiger partial charge in [-0.1, -0.05) is 23.7 Å². The number of hydrogen-bond acceptors (Lipinski definition) is 2. The lowest BCUT2D eigenvalue weighted by atomic mass is 10.1. The smallest absolute Gasteiger partial charge is 0.283 e. The minimum atomic E-state index is 0.730. The number of nitrogens with zero attached hydrogens (tertiary/aromatic N) is 1. The van der Waals surface area contributed by atoms with Crippen molar-refractivity contribution in [3.05, 3.63) is 53.2 Å². The summed E-state index contributed by atoms with van der Waals surface area (Å²) in [6.07, 6.45) is 4.80. The van der Waals surface area contributed by atoms with Gasteiger partial charge in [0.1, 0.15) is 5.76 Å². The van der Waals surface area contributed by atoms with Gasteiger partial charge in [0.15, 0.2) is 0 Å². The van der Waals surface area contributed by atoms with Gasteiger partial charge in [-0.15, -0.1) is 0 Å². The molecule has 0 saturated carbocycles. The molecule has 0 spiro atoms. The van der Waals surface area contributed by atoms with Gasteiger partial charge in [0.25, 0.3) is 6.39 Å². The van der Waals surface area contributed by atoms with Crippen molar-refractivity contribution >= 4 is 11.6 Å². The van der Waals surface area contributed by atoms with Gasteiger partial charge in [0.05, 0.1) is 6.20 Å². The first-order valence-corrected chi connectivity index (χ1v) is 4.27. The Labute approximate surface area is 81.2 Å². The van der Waals surface area contributed by atoms with Crippen LogP contribution in [-0.4, -0.2) is 4.98 Å². The van der Waals surface area contributed by atoms with Gasteiger partial charge < -0.3 is 4.42 Å². The quantitative estimate of drug-likeness (QED) is 0.731. The summed E-state index contributed by atoms with van der Waals surface area (Å²) in [6.45, 7) is 0. The highest BCUT2D eigenvalue weighted by molar-refractivity contribution is 6.30. The number of hydrogen-bond donors (Lipinski definition) is 0. The lowest BCUT2D eigenvalue weighted by Crippen LogP contribution is -1.84. The van der Waals surface area contributed by atoms with Crippen molar-refractivity contribution in [1.82, 2.24) is 4.98 Å². The average molecular weight is 193 g/mol. The molecule has 3 heteroatoms. The third-order valence-electron chi connectivity index (χ3n) is 1.73. The highest BCUT2D eigenvalue weighted by Gasteiger charge is 1.98. The molecule has 1 aromatic carbocycles. The summed E-state index contributed by atoms with van der Waals surface area (Å²) in [5.41, 5.74) is 1.15. The van der Waals surface area contributed by atoms with Crippen LogP contribution in [0.3, 0.4) is 0 Å². The molecule has 0 amide bonds. The van der Waals surface area contributed by atoms with E-state index in [2.05, 4.69) is 11.4 Å². The zero-order chi connectivity index (χ0) is 9.10. The maximum Gasteiger partial charge on any atom is 0.283 e. The largest absolute Gasteiger partial charge is 0.437 e. The summed E-state index contributed by atoms with van der Waals surface area (Å²) in [7, 11) is 0. The van der Waals surface area contributed by atoms with Gasteiger partial charge in [-0.2, -0.15) is 0 Å². The lowest BCUT2D eigenvalue weighted by molar-refractivity contribution is 0.505. The summed E-state index contributed by atoms with van der Waals surface area (Å²) in [5, 5.41) is 0.743. The van der Waals surface area contributed by atoms with Crippen LogP contribution in [0.1, 0.15) is 11.3 Å². The van der Waals surface area contributed by atoms with E-state index in [-0.39, 0.29) is 0 Å². The Morgan fingerprint density at radius 2 is 2.08 bits per heavy atom. The molecule has 2 nitrogen and oxygen atoms in total. The van der Waals surface area contributed by atoms with Crippen LogP contribution in [0.25, 0.3) is 0 Å². The molecule has 13 heavy (non-hydrogen) atoms. The van der Waals surface area contributed by atoms with E-state index < -0.39 is 0 Å². The number of halogens is 1. The first-order valence-electron chi connectivity index (χ1n) is 3.90. The second kappa shape index (κ2) is 3.62. The minimum absolute atomic E-state index is 0.730. The molecule has 0 aliphatic carbocycles. The zero-order valence-electron chi connectivity index (χ0n) is 6.83. The number of rotatable bonds is 2. The molecule has 0 fully saturated rings. The van der Waals surface area contributed by atoms with E-state index in [0.717, 1.165) is 22.8 Å². The van der Waals surface area contributed by atoms with Crippen molar-refractivity contribution in [2.24, 2.45) is 0 Å². The van der Waals surface area contributed by atoms with Gasteiger partial charge >= 0.3 is 0 Å². The van der Waals surface area contributed by atoms with E-state index in [4.69, 9.17) is 16.0 Å². The van der Waals surface area contributed by atoms with E-state index in [0.29, 0.717) is 0 Å². The van der Waals surface area contributed by atoms with Crippen LogP contribution in [0.15, 0.2) is 34.9 Å². The Morgan fingerprint density at radius 3 is 2.69 bits per heavy atom. The molecule has 0 aliphatic rings. The van der Waals surface area contributed by atoms with Crippen LogP contribution in [0, 0.1) is 6.39 Å². The van der Waals surface area contributed by atoms with E-state index in [1.54, 1.807) is 6.20 Å². The van der Waals surface area contributed by atoms with Gasteiger partial charge in [-0.3, -0.25) is 0 Å². The van der Waals surface area contributed by atoms with E-state index in [1.165, 1.54) is 0 Å². The van der Waals surface area contributed by atoms with Crippen LogP contribution in [0.4, 0.5) is 0 Å². The second-order valence-electron chi connectivity index (χ2n) is 2.72. The van der Waals surface area contributed by atoms with Gasteiger partial charge in [0.2, 0.25) is 0 Å². The predicted molar refractivity (Wildman–Crippen MR) is 49.6 cm³/mol. The third-order valence-corrected chi connectivity index (χ3v) is 1.98. The topological polar surface area (TPSA) is 26.0 Å². The highest BCUT2D eigenvalue weighted by atomic mass is 35.5. The minimum Gasteiger partial charge on any atom is -0.437 e. The molecule has 2 rings (SSSR count). The number of oxazole rings is 1. The number of aromatic nitrogens is 1. The van der Waals surface area contributed by atoms with Gasteiger partial charge in [0, 0.05) is 11.4 Å². The van der Waals surface area contributed by atoms with Crippen LogP contribution in [-0.2, 0) is 6.42 Å². The van der Waals surface area contributed by atoms with E-state index in [1.807, 2.05) is 24.3 Å². The molecule has 1 aromatic heterocycles. The molecule has 0 atom stereocenters. The summed E-state index contributed by atoms with van der Waals surface area (Å²) in [5.74, 6) is 0.808. The SMILES string of the molecule is Clc1ccc(Cc2cn[c]o2)cc1. The van der Waals surface area contributed by atoms with Crippen LogP contribution < -0.4 is 0 Å². The lowest BCUT2D eigenvalue weighted by Gasteiger charge is -1.96. The van der Waals surface area contributed by atoms with Crippen LogP contribution in [0.2, 0.25) is 5.02 Å². The molecule has 1 heterocycles. The monoisotopic (exact) mass is 192 g/mol. The van der Waals surface area contributed by atoms with Gasteiger partial charge in [-0.05, 0) is 17.7 Å². The Bertz CT molecular complexity index is 366. The average Bonchev–Trinajstić information content (AvgIpc) is 2.62. The van der Waals surface area contributed by atoms with Crippen LogP contribution in [0.5, 0.6) is 0 Å². The van der Waals surface area contributed by atoms with E-state index >= 15 is 0 Å². The molecule has 65 valence electrons. The Kier molecular flexibility index (Phi) is 2.32. The maximum atomic E-state index is 5.75. The summed E-state index contributed by atoms with van der Waals surface area (Å²) in [6, 6.07) is 7.64. The van der Waals surface area contributed by atoms with Crippen LogP contribution >= 0.6 is 11.6 Å². The van der Waals surface area contributed by atoms with Crippen molar-refractivity contribution in [1.29, 1.82) is 0 Å². The van der Waals surface area contributed by atoms with Crippen molar-refractivity contribution in [2.75, 3.05) is 0 Å². The summed E-state index contributed by atoms with van der Waals surface area (Å²) in [4.78, 5) is 3.72. The Morgan fingerprint density at radius 1 is 1.31 bits per heavy atom. The van der Waals surface area contributed by atoms with Crippen molar-refractivity contribution < 1.29 is 4.42 Å². The van der Waals surface area contributed by atoms with Crippen molar-refractivity contribution in [3.8, 4) is 0 Å². The molecule has 0 unspecified atom stereocenters. The van der Waals surface area contributed by atoms with Crippen molar-refractivity contribution in [2.45, 2.75) is 6.42 Å². The first-order chi connectivity index (χ1) is 6.34. The zero-order valence-corrected chi connectivity index (χ0v) is 7.58. The molecular formula is C10H7ClNO. The third kappa shape index (κ3) is 2.10. The molecule has 0 bridgehead atoms. The number of benzene rings is 1. The molecule has 0 aliphatic heterocycles. The Balaban J connectivity index is 2.15. The first kappa shape index (κ1) is 8.32. The molecule has 1 radical (unpaired) electrons. The molecule has 0 saturated heterocycles. The Hall–Kier alpha value is -1.28. The predicted octanol–water partition coefficient (Wildman–Crippen LogP) is 2.72. The molecular weight excluding hydrogens is 186 g/mol. The second-order valence-corrected chi connectivity index (χ2v) is 3.16. The summed E-state index contributed by atoms with van der Waals surface area (Å²) < 4.78 is 5.00. The normalized spacial score (nSPS) is 10.2. The van der Waals surface area contributed by atoms with Gasteiger partial charge in [-0.25, -0.2) is 4.98 Å². The molecule has 0 N–H and O–H groups in total. The van der Waals surface area contributed by atoms with Crippen molar-refractivity contribution in [3.63, 3.8) is 0 Å². The fraction of sp³-hybridized carbons (Fsp3) is 0.100. The fourth-order valence-electron chi connectivity index (χ4n) is 1.09. The summed E-state index contributed by atoms with van der Waals surface area (Å²) >= 11 is 5.75. The molecule has 2 aromatic rings. The van der Waals surface area contributed by atoms with E-state index in [9.17, 15) is 0 Å². The standard InChI is InChI=1S/C10H7ClNO/c11-9-3-1-8(2-4-9)5-10-6-12-7-13-10/h1-4,6H,5H2.